The second-order valence-electron chi connectivity index (χ2n) is 17.3. The van der Waals surface area contributed by atoms with Gasteiger partial charge in [-0.25, -0.2) is 0 Å². The first-order chi connectivity index (χ1) is 31.0. The third-order valence-corrected chi connectivity index (χ3v) is 13.5. The number of nitrogens with zero attached hydrogens (tertiary/aromatic N) is 3. The number of rotatable bonds is 5. The Morgan fingerprint density at radius 3 is 1.87 bits per heavy atom. The van der Waals surface area contributed by atoms with Crippen LogP contribution in [-0.2, 0) is 5.41 Å². The van der Waals surface area contributed by atoms with Crippen molar-refractivity contribution in [2.24, 2.45) is 0 Å². The fourth-order valence-electron chi connectivity index (χ4n) is 10.6. The highest BCUT2D eigenvalue weighted by atomic mass is 16.5. The van der Waals surface area contributed by atoms with Gasteiger partial charge in [0.05, 0.1) is 11.0 Å². The van der Waals surface area contributed by atoms with Crippen molar-refractivity contribution in [2.75, 3.05) is 9.80 Å². The second kappa shape index (κ2) is 13.5. The van der Waals surface area contributed by atoms with Gasteiger partial charge in [0, 0.05) is 79.3 Å². The van der Waals surface area contributed by atoms with Gasteiger partial charge in [0.1, 0.15) is 23.0 Å². The molecule has 4 heterocycles. The van der Waals surface area contributed by atoms with Gasteiger partial charge < -0.3 is 23.8 Å². The molecule has 5 nitrogen and oxygen atoms in total. The minimum absolute atomic E-state index is 0.0724. The molecule has 0 atom stereocenters. The Labute approximate surface area is 366 Å². The molecule has 1 aromatic heterocycles. The Kier molecular flexibility index (Phi) is 7.68. The van der Waals surface area contributed by atoms with Gasteiger partial charge >= 0.3 is 0 Å². The van der Waals surface area contributed by atoms with Crippen LogP contribution in [0.1, 0.15) is 25.0 Å². The van der Waals surface area contributed by atoms with Crippen LogP contribution in [-0.4, -0.2) is 11.3 Å². The van der Waals surface area contributed by atoms with Crippen LogP contribution in [0.2, 0.25) is 0 Å². The van der Waals surface area contributed by atoms with E-state index in [0.717, 1.165) is 68.3 Å². The fraction of sp³-hybridized carbons (Fsp3) is 0.0526. The molecule has 3 aliphatic rings. The van der Waals surface area contributed by atoms with Crippen molar-refractivity contribution in [1.29, 1.82) is 0 Å². The van der Waals surface area contributed by atoms with Crippen LogP contribution >= 0.6 is 0 Å². The van der Waals surface area contributed by atoms with Gasteiger partial charge in [0.25, 0.3) is 6.71 Å². The molecule has 0 saturated carbocycles. The maximum atomic E-state index is 7.08. The molecule has 0 spiro atoms. The molecule has 0 saturated heterocycles. The van der Waals surface area contributed by atoms with Gasteiger partial charge in [-0.15, -0.1) is 0 Å². The van der Waals surface area contributed by atoms with Crippen molar-refractivity contribution in [3.8, 4) is 28.7 Å². The van der Waals surface area contributed by atoms with E-state index in [0.29, 0.717) is 0 Å². The average molecular weight is 810 g/mol. The summed E-state index contributed by atoms with van der Waals surface area (Å²) in [5, 5.41) is 2.45. The van der Waals surface area contributed by atoms with Crippen LogP contribution in [0.3, 0.4) is 0 Å². The minimum atomic E-state index is -0.208. The molecule has 9 aromatic carbocycles. The molecule has 0 radical (unpaired) electrons. The summed E-state index contributed by atoms with van der Waals surface area (Å²) in [7, 11) is 0. The van der Waals surface area contributed by atoms with Crippen LogP contribution in [0.5, 0.6) is 23.0 Å². The molecular weight excluding hydrogens is 769 g/mol. The SMILES string of the molecule is CC1(C)c2ccccc2Oc2cc(N(c3ccccc3)c3ccc4c(c3)Oc3cccc5c3B4c3cc4c6ccccc6n(-c6ccccc6)c4cc3N5c3ccccc3)ccc21. The molecule has 0 unspecified atom stereocenters. The monoisotopic (exact) mass is 809 g/mol. The van der Waals surface area contributed by atoms with E-state index in [1.165, 1.54) is 43.9 Å². The molecule has 0 aliphatic carbocycles. The Hall–Kier alpha value is -7.96. The number of para-hydroxylation sites is 5. The van der Waals surface area contributed by atoms with Crippen molar-refractivity contribution in [2.45, 2.75) is 19.3 Å². The zero-order valence-electron chi connectivity index (χ0n) is 34.9. The Morgan fingerprint density at radius 2 is 1.06 bits per heavy atom. The maximum Gasteiger partial charge on any atom is 0.256 e. The summed E-state index contributed by atoms with van der Waals surface area (Å²) in [5.74, 6) is 3.49. The van der Waals surface area contributed by atoms with E-state index in [-0.39, 0.29) is 12.1 Å². The predicted molar refractivity (Wildman–Crippen MR) is 260 cm³/mol. The molecule has 0 fully saturated rings. The number of hydrogen-bond acceptors (Lipinski definition) is 4. The van der Waals surface area contributed by atoms with Crippen molar-refractivity contribution in [1.82, 2.24) is 4.57 Å². The number of ether oxygens (including phenoxy) is 2. The van der Waals surface area contributed by atoms with Gasteiger partial charge in [-0.2, -0.15) is 0 Å². The first-order valence-electron chi connectivity index (χ1n) is 21.7. The average Bonchev–Trinajstić information content (AvgIpc) is 3.65. The number of hydrogen-bond donors (Lipinski definition) is 0. The number of fused-ring (bicyclic) bond motifs is 9. The minimum Gasteiger partial charge on any atom is -0.458 e. The smallest absolute Gasteiger partial charge is 0.256 e. The van der Waals surface area contributed by atoms with Crippen LogP contribution < -0.4 is 35.7 Å². The number of anilines is 6. The van der Waals surface area contributed by atoms with Gasteiger partial charge in [-0.3, -0.25) is 0 Å². The molecule has 0 amide bonds. The summed E-state index contributed by atoms with van der Waals surface area (Å²) in [5.41, 5.74) is 15.6. The Balaban J connectivity index is 1.01. The molecule has 63 heavy (non-hydrogen) atoms. The van der Waals surface area contributed by atoms with Crippen LogP contribution in [0.25, 0.3) is 27.5 Å². The molecule has 0 bridgehead atoms. The van der Waals surface area contributed by atoms with E-state index < -0.39 is 0 Å². The van der Waals surface area contributed by atoms with Gasteiger partial charge in [0.15, 0.2) is 0 Å². The van der Waals surface area contributed by atoms with E-state index in [2.05, 4.69) is 228 Å². The number of benzene rings is 9. The second-order valence-corrected chi connectivity index (χ2v) is 17.3. The summed E-state index contributed by atoms with van der Waals surface area (Å²) < 4.78 is 16.1. The fourth-order valence-corrected chi connectivity index (χ4v) is 10.6. The first kappa shape index (κ1) is 35.8. The van der Waals surface area contributed by atoms with Crippen LogP contribution in [0.15, 0.2) is 206 Å². The quantitative estimate of drug-likeness (QED) is 0.162. The third-order valence-electron chi connectivity index (χ3n) is 13.5. The molecule has 3 aliphatic heterocycles. The Morgan fingerprint density at radius 1 is 0.429 bits per heavy atom. The Bertz CT molecular complexity index is 3450. The van der Waals surface area contributed by atoms with Crippen molar-refractivity contribution < 1.29 is 9.47 Å². The van der Waals surface area contributed by atoms with E-state index in [4.69, 9.17) is 9.47 Å². The van der Waals surface area contributed by atoms with E-state index >= 15 is 0 Å². The summed E-state index contributed by atoms with van der Waals surface area (Å²) in [6.07, 6.45) is 0. The van der Waals surface area contributed by atoms with E-state index in [1.54, 1.807) is 0 Å². The molecule has 0 N–H and O–H groups in total. The van der Waals surface area contributed by atoms with E-state index in [1.807, 2.05) is 6.07 Å². The summed E-state index contributed by atoms with van der Waals surface area (Å²) in [6, 6.07) is 74.0. The lowest BCUT2D eigenvalue weighted by Crippen LogP contribution is -2.59. The molecule has 13 rings (SSSR count). The largest absolute Gasteiger partial charge is 0.458 e. The zero-order valence-corrected chi connectivity index (χ0v) is 34.9. The summed E-state index contributed by atoms with van der Waals surface area (Å²) >= 11 is 0. The molecule has 298 valence electrons. The zero-order chi connectivity index (χ0) is 41.8. The lowest BCUT2D eigenvalue weighted by molar-refractivity contribution is 0.418. The first-order valence-corrected chi connectivity index (χ1v) is 21.7. The highest BCUT2D eigenvalue weighted by Gasteiger charge is 2.43. The molecule has 6 heteroatoms. The standard InChI is InChI=1S/C57H40BN3O2/c1-57(2)44-24-13-15-27-52(44)62-54-33-40(29-31-45(54)57)59(37-17-6-3-7-18-37)41-30-32-46-55(34-41)63-53-28-16-26-49-56(53)58(46)47-35-43-42-23-12-14-25-48(42)60(38-19-8-4-9-20-38)50(43)36-51(47)61(49)39-21-10-5-11-22-39/h3-36H,1-2H3. The maximum absolute atomic E-state index is 7.08. The van der Waals surface area contributed by atoms with Gasteiger partial charge in [0.2, 0.25) is 0 Å². The highest BCUT2D eigenvalue weighted by molar-refractivity contribution is 6.99. The van der Waals surface area contributed by atoms with Gasteiger partial charge in [-0.1, -0.05) is 129 Å². The molecular formula is C57H40BN3O2. The topological polar surface area (TPSA) is 29.9 Å². The van der Waals surface area contributed by atoms with E-state index in [9.17, 15) is 0 Å². The lowest BCUT2D eigenvalue weighted by atomic mass is 9.34. The van der Waals surface area contributed by atoms with Crippen molar-refractivity contribution in [3.63, 3.8) is 0 Å². The van der Waals surface area contributed by atoms with Gasteiger partial charge in [-0.05, 0) is 95.3 Å². The molecule has 10 aromatic rings. The highest BCUT2D eigenvalue weighted by Crippen LogP contribution is 2.50. The lowest BCUT2D eigenvalue weighted by Gasteiger charge is -2.40. The number of aromatic nitrogens is 1. The summed E-state index contributed by atoms with van der Waals surface area (Å²) in [4.78, 5) is 4.73. The third kappa shape index (κ3) is 5.31. The summed E-state index contributed by atoms with van der Waals surface area (Å²) in [6.45, 7) is 4.48. The van der Waals surface area contributed by atoms with Crippen LogP contribution in [0.4, 0.5) is 34.1 Å². The van der Waals surface area contributed by atoms with Crippen LogP contribution in [0, 0.1) is 0 Å². The van der Waals surface area contributed by atoms with Crippen molar-refractivity contribution in [3.05, 3.63) is 217 Å². The van der Waals surface area contributed by atoms with Crippen molar-refractivity contribution >= 4 is 79.0 Å². The predicted octanol–water partition coefficient (Wildman–Crippen LogP) is 13.1. The normalized spacial score (nSPS) is 13.9.